The summed E-state index contributed by atoms with van der Waals surface area (Å²) in [5.74, 6) is 5.78. The molecule has 0 radical (unpaired) electrons. The zero-order chi connectivity index (χ0) is 58.8. The van der Waals surface area contributed by atoms with Gasteiger partial charge >= 0.3 is 0 Å². The van der Waals surface area contributed by atoms with Crippen molar-refractivity contribution in [1.82, 2.24) is 0 Å². The minimum atomic E-state index is -1.20. The van der Waals surface area contributed by atoms with Gasteiger partial charge in [-0.05, 0) is 76.9 Å². The van der Waals surface area contributed by atoms with Gasteiger partial charge < -0.3 is 38.3 Å². The Morgan fingerprint density at radius 3 is 1.14 bits per heavy atom. The Morgan fingerprint density at radius 2 is 0.756 bits per heavy atom. The molecule has 0 bridgehead atoms. The van der Waals surface area contributed by atoms with Crippen molar-refractivity contribution in [2.45, 2.75) is 254 Å². The van der Waals surface area contributed by atoms with Crippen molar-refractivity contribution in [1.29, 1.82) is 0 Å². The van der Waals surface area contributed by atoms with Crippen molar-refractivity contribution in [3.8, 4) is 0 Å². The molecule has 1 fully saturated rings. The van der Waals surface area contributed by atoms with Crippen LogP contribution in [0.25, 0.3) is 0 Å². The fourth-order valence-corrected chi connectivity index (χ4v) is 10.8. The van der Waals surface area contributed by atoms with E-state index in [9.17, 15) is 7.85 Å². The van der Waals surface area contributed by atoms with Gasteiger partial charge in [-0.25, -0.2) is 0 Å². The first-order valence-corrected chi connectivity index (χ1v) is 31.5. The second-order valence-corrected chi connectivity index (χ2v) is 25.1. The molecule has 1 heterocycles. The van der Waals surface area contributed by atoms with Crippen molar-refractivity contribution in [2.75, 3.05) is 33.0 Å². The first kappa shape index (κ1) is 62.9. The number of aliphatic hydroxyl groups is 1. The summed E-state index contributed by atoms with van der Waals surface area (Å²) < 4.78 is 73.9. The molecule has 15 atom stereocenters. The third-order valence-electron chi connectivity index (χ3n) is 16.3. The Morgan fingerprint density at radius 1 is 0.410 bits per heavy atom. The SMILES string of the molecule is [2H]C(O[C@H]1[C@H](OC([2H])c2ccccc2)[C@@H](OC([2H])c2ccccc2)C(OC[C@@H](COCC[C@H](C)CCC[C@H](C)CCC[C@H](C)CCCC(C)C)OCC[C@H](C)CCC[C@H](C)CCC[C@H](C)CCCC(C)C)O[C@@H]1CO)c1ccccc1. The summed E-state index contributed by atoms with van der Waals surface area (Å²) in [7, 11) is 0. The first-order valence-electron chi connectivity index (χ1n) is 33.2. The molecule has 0 saturated carbocycles. The van der Waals surface area contributed by atoms with Crippen molar-refractivity contribution < 1.29 is 42.4 Å². The van der Waals surface area contributed by atoms with Crippen LogP contribution >= 0.6 is 0 Å². The molecule has 1 saturated heterocycles. The highest BCUT2D eigenvalue weighted by Crippen LogP contribution is 2.32. The smallest absolute Gasteiger partial charge is 0.187 e. The van der Waals surface area contributed by atoms with Crippen LogP contribution in [0.4, 0.5) is 0 Å². The second-order valence-electron chi connectivity index (χ2n) is 25.1. The minimum Gasteiger partial charge on any atom is -0.394 e. The van der Waals surface area contributed by atoms with Gasteiger partial charge in [0.1, 0.15) is 30.5 Å². The maximum absolute atomic E-state index is 11.0. The summed E-state index contributed by atoms with van der Waals surface area (Å²) in [5.41, 5.74) is 1.81. The summed E-state index contributed by atoms with van der Waals surface area (Å²) >= 11 is 0. The summed E-state index contributed by atoms with van der Waals surface area (Å²) in [5, 5.41) is 11.0. The van der Waals surface area contributed by atoms with Crippen molar-refractivity contribution in [2.24, 2.45) is 47.3 Å². The normalized spacial score (nSPS) is 22.4. The predicted octanol–water partition coefficient (Wildman–Crippen LogP) is 17.8. The lowest BCUT2D eigenvalue weighted by Crippen LogP contribution is -2.62. The molecule has 0 aromatic heterocycles. The van der Waals surface area contributed by atoms with Crippen LogP contribution in [0.2, 0.25) is 0 Å². The monoisotopic (exact) mass is 1090 g/mol. The number of hydrogen-bond acceptors (Lipinski definition) is 8. The third kappa shape index (κ3) is 30.4. The maximum atomic E-state index is 11.0. The van der Waals surface area contributed by atoms with Crippen LogP contribution in [0.5, 0.6) is 0 Å². The minimum absolute atomic E-state index is 0.0788. The average Bonchev–Trinajstić information content (AvgIpc) is 3.56. The molecule has 4 unspecified atom stereocenters. The van der Waals surface area contributed by atoms with Crippen LogP contribution in [-0.4, -0.2) is 75.0 Å². The summed E-state index contributed by atoms with van der Waals surface area (Å²) in [6.07, 6.45) is 19.3. The highest BCUT2D eigenvalue weighted by Gasteiger charge is 2.49. The van der Waals surface area contributed by atoms with E-state index < -0.39 is 63.2 Å². The van der Waals surface area contributed by atoms with Gasteiger partial charge in [0.15, 0.2) is 6.29 Å². The van der Waals surface area contributed by atoms with Gasteiger partial charge in [-0.15, -0.1) is 0 Å². The summed E-state index contributed by atoms with van der Waals surface area (Å²) in [4.78, 5) is 0. The van der Waals surface area contributed by atoms with E-state index in [4.69, 9.17) is 34.5 Å². The van der Waals surface area contributed by atoms with E-state index in [1.54, 1.807) is 12.1 Å². The molecule has 3 aromatic rings. The average molecular weight is 1090 g/mol. The van der Waals surface area contributed by atoms with E-state index in [0.29, 0.717) is 48.3 Å². The number of rotatable bonds is 46. The molecule has 0 spiro atoms. The molecule has 1 aliphatic heterocycles. The Bertz CT molecular complexity index is 1950. The third-order valence-corrected chi connectivity index (χ3v) is 16.3. The van der Waals surface area contributed by atoms with Gasteiger partial charge in [0.2, 0.25) is 0 Å². The van der Waals surface area contributed by atoms with Gasteiger partial charge in [-0.1, -0.05) is 276 Å². The standard InChI is InChI=1S/C70H116O8/c1-54(2)26-20-28-56(5)30-22-32-58(7)34-24-36-60(9)44-46-72-52-65(73-47-45-61(10)37-25-35-59(8)33-23-31-57(6)29-21-27-55(3)4)53-77-70-69(76-51-64-42-18-13-19-43-64)68(75-50-63-40-16-12-17-41-63)67(66(48-71)78-70)74-49-62-38-14-11-15-39-62/h11-19,38-43,54-61,65-71H,20-37,44-53H2,1-10H3/t56-,57-,58-,59-,60-,61-,65-,66-,67-,68+,69-,70?/m1/s1/i49D,50D,51D/t49?,50?,51?,56-,57-,58-,59-,60-,61-,65-,66-,67-,68+,69-,70?. The molecule has 4 rings (SSSR count). The molecule has 0 aliphatic carbocycles. The number of aliphatic hydroxyl groups excluding tert-OH is 1. The second kappa shape index (κ2) is 41.3. The highest BCUT2D eigenvalue weighted by atomic mass is 16.7. The van der Waals surface area contributed by atoms with Gasteiger partial charge in [0.25, 0.3) is 0 Å². The van der Waals surface area contributed by atoms with Gasteiger partial charge in [-0.3, -0.25) is 0 Å². The topological polar surface area (TPSA) is 84.8 Å². The van der Waals surface area contributed by atoms with Gasteiger partial charge in [-0.2, -0.15) is 0 Å². The summed E-state index contributed by atoms with van der Waals surface area (Å²) in [6, 6.07) is 27.6. The fraction of sp³-hybridized carbons (Fsp3) is 0.743. The number of hydrogen-bond donors (Lipinski definition) is 1. The van der Waals surface area contributed by atoms with Gasteiger partial charge in [0, 0.05) is 13.2 Å². The molecule has 1 N–H and O–H groups in total. The number of benzene rings is 3. The van der Waals surface area contributed by atoms with Crippen LogP contribution < -0.4 is 0 Å². The quantitative estimate of drug-likeness (QED) is 0.0560. The zero-order valence-electron chi connectivity index (χ0n) is 54.0. The van der Waals surface area contributed by atoms with E-state index in [0.717, 1.165) is 54.8 Å². The Labute approximate surface area is 482 Å². The zero-order valence-corrected chi connectivity index (χ0v) is 51.0. The Balaban J connectivity index is 1.43. The molecule has 8 heteroatoms. The van der Waals surface area contributed by atoms with Crippen LogP contribution in [0.3, 0.4) is 0 Å². The molecule has 8 nitrogen and oxygen atoms in total. The van der Waals surface area contributed by atoms with Crippen LogP contribution in [0.1, 0.15) is 218 Å². The maximum Gasteiger partial charge on any atom is 0.187 e. The molecule has 78 heavy (non-hydrogen) atoms. The van der Waals surface area contributed by atoms with E-state index in [1.807, 2.05) is 78.9 Å². The number of ether oxygens (including phenoxy) is 7. The molecular weight excluding hydrogens is 969 g/mol. The fourth-order valence-electron chi connectivity index (χ4n) is 10.8. The molecule has 3 aromatic carbocycles. The molecule has 0 amide bonds. The van der Waals surface area contributed by atoms with Gasteiger partial charge in [0.05, 0.1) is 43.7 Å². The molecule has 1 aliphatic rings. The van der Waals surface area contributed by atoms with Crippen molar-refractivity contribution >= 4 is 0 Å². The summed E-state index contributed by atoms with van der Waals surface area (Å²) in [6.45, 7) is 21.2. The van der Waals surface area contributed by atoms with Crippen molar-refractivity contribution in [3.05, 3.63) is 108 Å². The lowest BCUT2D eigenvalue weighted by atomic mass is 9.91. The van der Waals surface area contributed by atoms with Crippen molar-refractivity contribution in [3.63, 3.8) is 0 Å². The van der Waals surface area contributed by atoms with Crippen LogP contribution in [0.15, 0.2) is 91.0 Å². The first-order chi connectivity index (χ1) is 39.0. The highest BCUT2D eigenvalue weighted by molar-refractivity contribution is 5.16. The molecule has 444 valence electrons. The van der Waals surface area contributed by atoms with Crippen LogP contribution in [-0.2, 0) is 52.9 Å². The Kier molecular flexibility index (Phi) is 33.4. The lowest BCUT2D eigenvalue weighted by molar-refractivity contribution is -0.330. The van der Waals surface area contributed by atoms with Crippen LogP contribution in [0, 0.1) is 47.3 Å². The van der Waals surface area contributed by atoms with E-state index in [-0.39, 0.29) is 6.61 Å². The van der Waals surface area contributed by atoms with E-state index in [2.05, 4.69) is 69.2 Å². The Hall–Kier alpha value is -2.66. The molecular formula is C70H116O8. The largest absolute Gasteiger partial charge is 0.394 e. The predicted molar refractivity (Wildman–Crippen MR) is 324 cm³/mol. The van der Waals surface area contributed by atoms with E-state index in [1.165, 1.54) is 109 Å². The van der Waals surface area contributed by atoms with E-state index >= 15 is 0 Å². The lowest BCUT2D eigenvalue weighted by Gasteiger charge is -2.45.